The number of hydrogen-bond donors (Lipinski definition) is 2. The van der Waals surface area contributed by atoms with E-state index in [-0.39, 0.29) is 0 Å². The summed E-state index contributed by atoms with van der Waals surface area (Å²) in [5.41, 5.74) is -0.776. The van der Waals surface area contributed by atoms with Gasteiger partial charge in [-0.1, -0.05) is 0 Å². The minimum atomic E-state index is -0.776. The fourth-order valence-corrected chi connectivity index (χ4v) is 2.76. The predicted molar refractivity (Wildman–Crippen MR) is 80.4 cm³/mol. The molecule has 2 aliphatic rings. The van der Waals surface area contributed by atoms with Crippen LogP contribution in [0.25, 0.3) is 0 Å². The summed E-state index contributed by atoms with van der Waals surface area (Å²) in [5, 5.41) is 12.6. The zero-order chi connectivity index (χ0) is 15.1. The Balaban J connectivity index is 1.53. The van der Waals surface area contributed by atoms with Crippen LogP contribution in [0, 0.1) is 5.92 Å². The van der Waals surface area contributed by atoms with Gasteiger partial charge in [0, 0.05) is 32.5 Å². The highest BCUT2D eigenvalue weighted by Gasteiger charge is 2.37. The first-order valence-corrected chi connectivity index (χ1v) is 8.27. The molecule has 2 fully saturated rings. The molecule has 0 radical (unpaired) electrons. The Morgan fingerprint density at radius 2 is 2.00 bits per heavy atom. The van der Waals surface area contributed by atoms with E-state index in [1.54, 1.807) is 6.92 Å². The topological polar surface area (TPSA) is 67.8 Å². The zero-order valence-electron chi connectivity index (χ0n) is 13.1. The molecule has 0 aromatic rings. The van der Waals surface area contributed by atoms with Crippen LogP contribution in [0.5, 0.6) is 0 Å². The number of unbranched alkanes of at least 4 members (excludes halogenated alkanes) is 1. The summed E-state index contributed by atoms with van der Waals surface area (Å²) in [6, 6.07) is 0.413. The Bertz CT molecular complexity index is 326. The summed E-state index contributed by atoms with van der Waals surface area (Å²) in [5.74, 6) is -0.0999. The molecule has 122 valence electrons. The van der Waals surface area contributed by atoms with Crippen molar-refractivity contribution < 1.29 is 19.4 Å². The van der Waals surface area contributed by atoms with E-state index < -0.39 is 11.5 Å². The molecule has 5 nitrogen and oxygen atoms in total. The lowest BCUT2D eigenvalue weighted by Crippen LogP contribution is -2.50. The van der Waals surface area contributed by atoms with Crippen molar-refractivity contribution in [1.82, 2.24) is 5.32 Å². The maximum atomic E-state index is 11.4. The lowest BCUT2D eigenvalue weighted by Gasteiger charge is -2.26. The molecule has 2 N–H and O–H groups in total. The smallest absolute Gasteiger partial charge is 0.323 e. The third-order valence-electron chi connectivity index (χ3n) is 4.48. The summed E-state index contributed by atoms with van der Waals surface area (Å²) in [4.78, 5) is 11.4. The van der Waals surface area contributed by atoms with Gasteiger partial charge in [0.15, 0.2) is 0 Å². The molecule has 1 unspecified atom stereocenters. The standard InChI is InChI=1S/C16H29NO4/c1-16(15(18)19,17-14-4-5-14)8-2-3-9-21-12-13-6-10-20-11-7-13/h13-14,17H,2-12H2,1H3,(H,18,19). The second-order valence-electron chi connectivity index (χ2n) is 6.64. The molecule has 0 aromatic carbocycles. The third kappa shape index (κ3) is 5.93. The molecule has 0 bridgehead atoms. The largest absolute Gasteiger partial charge is 0.480 e. The van der Waals surface area contributed by atoms with Gasteiger partial charge in [0.25, 0.3) is 0 Å². The normalized spacial score (nSPS) is 22.9. The van der Waals surface area contributed by atoms with Crippen LogP contribution in [-0.2, 0) is 14.3 Å². The number of hydrogen-bond acceptors (Lipinski definition) is 4. The van der Waals surface area contributed by atoms with Crippen molar-refractivity contribution in [2.75, 3.05) is 26.4 Å². The minimum Gasteiger partial charge on any atom is -0.480 e. The zero-order valence-corrected chi connectivity index (χ0v) is 13.1. The molecule has 1 aliphatic heterocycles. The average Bonchev–Trinajstić information content (AvgIpc) is 3.27. The van der Waals surface area contributed by atoms with E-state index >= 15 is 0 Å². The highest BCUT2D eigenvalue weighted by molar-refractivity contribution is 5.78. The van der Waals surface area contributed by atoms with Gasteiger partial charge >= 0.3 is 5.97 Å². The summed E-state index contributed by atoms with van der Waals surface area (Å²) < 4.78 is 11.0. The first-order chi connectivity index (χ1) is 10.1. The highest BCUT2D eigenvalue weighted by Crippen LogP contribution is 2.25. The van der Waals surface area contributed by atoms with Gasteiger partial charge in [-0.15, -0.1) is 0 Å². The molecule has 0 amide bonds. The van der Waals surface area contributed by atoms with E-state index in [0.29, 0.717) is 18.4 Å². The average molecular weight is 299 g/mol. The quantitative estimate of drug-likeness (QED) is 0.605. The molecule has 5 heteroatoms. The van der Waals surface area contributed by atoms with Crippen LogP contribution in [0.2, 0.25) is 0 Å². The molecular weight excluding hydrogens is 270 g/mol. The molecule has 0 aromatic heterocycles. The van der Waals surface area contributed by atoms with Gasteiger partial charge in [0.2, 0.25) is 0 Å². The summed E-state index contributed by atoms with van der Waals surface area (Å²) in [6.07, 6.45) is 6.90. The lowest BCUT2D eigenvalue weighted by molar-refractivity contribution is -0.144. The van der Waals surface area contributed by atoms with E-state index in [9.17, 15) is 9.90 Å². The Kier molecular flexibility index (Phi) is 6.45. The van der Waals surface area contributed by atoms with Crippen molar-refractivity contribution in [2.24, 2.45) is 5.92 Å². The number of aliphatic carboxylic acids is 1. The number of rotatable bonds is 10. The Morgan fingerprint density at radius 1 is 1.29 bits per heavy atom. The van der Waals surface area contributed by atoms with Gasteiger partial charge < -0.3 is 14.6 Å². The third-order valence-corrected chi connectivity index (χ3v) is 4.48. The van der Waals surface area contributed by atoms with E-state index in [0.717, 1.165) is 65.0 Å². The molecule has 21 heavy (non-hydrogen) atoms. The Morgan fingerprint density at radius 3 is 2.62 bits per heavy atom. The molecule has 1 atom stereocenters. The SMILES string of the molecule is CC(CCCCOCC1CCOCC1)(NC1CC1)C(=O)O. The maximum absolute atomic E-state index is 11.4. The molecule has 1 heterocycles. The summed E-state index contributed by atoms with van der Waals surface area (Å²) in [6.45, 7) is 5.07. The molecule has 1 saturated heterocycles. The van der Waals surface area contributed by atoms with E-state index in [1.165, 1.54) is 0 Å². The number of ether oxygens (including phenoxy) is 2. The second-order valence-corrected chi connectivity index (χ2v) is 6.64. The lowest BCUT2D eigenvalue weighted by atomic mass is 9.95. The van der Waals surface area contributed by atoms with E-state index in [4.69, 9.17) is 9.47 Å². The predicted octanol–water partition coefficient (Wildman–Crippen LogP) is 2.20. The van der Waals surface area contributed by atoms with Crippen LogP contribution in [0.4, 0.5) is 0 Å². The molecular formula is C16H29NO4. The van der Waals surface area contributed by atoms with Crippen LogP contribution in [0.15, 0.2) is 0 Å². The first kappa shape index (κ1) is 16.7. The fraction of sp³-hybridized carbons (Fsp3) is 0.938. The van der Waals surface area contributed by atoms with Gasteiger partial charge in [-0.05, 0) is 57.8 Å². The van der Waals surface area contributed by atoms with Gasteiger partial charge in [-0.25, -0.2) is 0 Å². The fourth-order valence-electron chi connectivity index (χ4n) is 2.76. The summed E-state index contributed by atoms with van der Waals surface area (Å²) in [7, 11) is 0. The number of carboxylic acid groups (broad SMARTS) is 1. The minimum absolute atomic E-state index is 0.413. The summed E-state index contributed by atoms with van der Waals surface area (Å²) >= 11 is 0. The van der Waals surface area contributed by atoms with Crippen LogP contribution < -0.4 is 5.32 Å². The van der Waals surface area contributed by atoms with Crippen molar-refractivity contribution in [3.63, 3.8) is 0 Å². The number of carboxylic acids is 1. The number of carbonyl (C=O) groups is 1. The van der Waals surface area contributed by atoms with Crippen molar-refractivity contribution in [3.05, 3.63) is 0 Å². The molecule has 0 spiro atoms. The van der Waals surface area contributed by atoms with Gasteiger partial charge in [0.1, 0.15) is 5.54 Å². The monoisotopic (exact) mass is 299 g/mol. The van der Waals surface area contributed by atoms with E-state index in [1.807, 2.05) is 0 Å². The Labute approximate surface area is 127 Å². The van der Waals surface area contributed by atoms with Crippen molar-refractivity contribution in [1.29, 1.82) is 0 Å². The van der Waals surface area contributed by atoms with Gasteiger partial charge in [-0.2, -0.15) is 0 Å². The van der Waals surface area contributed by atoms with Crippen molar-refractivity contribution in [3.8, 4) is 0 Å². The first-order valence-electron chi connectivity index (χ1n) is 8.27. The van der Waals surface area contributed by atoms with Crippen molar-refractivity contribution in [2.45, 2.75) is 63.5 Å². The highest BCUT2D eigenvalue weighted by atomic mass is 16.5. The Hall–Kier alpha value is -0.650. The van der Waals surface area contributed by atoms with E-state index in [2.05, 4.69) is 5.32 Å². The van der Waals surface area contributed by atoms with Gasteiger partial charge in [0.05, 0.1) is 0 Å². The molecule has 2 rings (SSSR count). The van der Waals surface area contributed by atoms with Crippen LogP contribution in [0.1, 0.15) is 51.9 Å². The maximum Gasteiger partial charge on any atom is 0.323 e. The molecule has 1 aliphatic carbocycles. The van der Waals surface area contributed by atoms with Crippen molar-refractivity contribution >= 4 is 5.97 Å². The van der Waals surface area contributed by atoms with Crippen LogP contribution >= 0.6 is 0 Å². The second kappa shape index (κ2) is 8.11. The number of nitrogens with one attached hydrogen (secondary N) is 1. The van der Waals surface area contributed by atoms with Gasteiger partial charge in [-0.3, -0.25) is 10.1 Å². The van der Waals surface area contributed by atoms with Crippen LogP contribution in [-0.4, -0.2) is 49.1 Å². The van der Waals surface area contributed by atoms with Crippen LogP contribution in [0.3, 0.4) is 0 Å². The molecule has 1 saturated carbocycles.